The fourth-order valence-corrected chi connectivity index (χ4v) is 2.19. The highest BCUT2D eigenvalue weighted by Gasteiger charge is 2.38. The summed E-state index contributed by atoms with van der Waals surface area (Å²) in [4.78, 5) is 24.6. The van der Waals surface area contributed by atoms with Gasteiger partial charge in [-0.2, -0.15) is 5.10 Å². The van der Waals surface area contributed by atoms with Gasteiger partial charge in [-0.15, -0.1) is 5.10 Å². The molecule has 0 unspecified atom stereocenters. The molecule has 0 atom stereocenters. The van der Waals surface area contributed by atoms with Gasteiger partial charge in [0.15, 0.2) is 11.0 Å². The number of carbonyl (C=O) groups is 2. The Kier molecular flexibility index (Phi) is 3.13. The third-order valence-electron chi connectivity index (χ3n) is 2.99. The van der Waals surface area contributed by atoms with Crippen molar-refractivity contribution in [1.82, 2.24) is 10.2 Å². The van der Waals surface area contributed by atoms with E-state index >= 15 is 0 Å². The van der Waals surface area contributed by atoms with E-state index in [-0.39, 0.29) is 22.9 Å². The molecule has 0 bridgehead atoms. The highest BCUT2D eigenvalue weighted by atomic mass is 35.5. The summed E-state index contributed by atoms with van der Waals surface area (Å²) >= 11 is 5.59. The van der Waals surface area contributed by atoms with E-state index in [4.69, 9.17) is 11.6 Å². The van der Waals surface area contributed by atoms with Crippen molar-refractivity contribution in [1.29, 1.82) is 0 Å². The fraction of sp³-hybridized carbons (Fsp3) is 0.0769. The Morgan fingerprint density at radius 3 is 2.57 bits per heavy atom. The van der Waals surface area contributed by atoms with Crippen LogP contribution in [0.2, 0.25) is 5.15 Å². The van der Waals surface area contributed by atoms with E-state index in [0.29, 0.717) is 11.8 Å². The Morgan fingerprint density at radius 2 is 1.90 bits per heavy atom. The van der Waals surface area contributed by atoms with Crippen LogP contribution in [0.1, 0.15) is 16.1 Å². The number of benzene rings is 1. The SMILES string of the molecule is O=C1C(=O)N(Cc2ccc(Cl)nn2)c2c(F)cc(F)cc21. The molecule has 2 aromatic rings. The third-order valence-corrected chi connectivity index (χ3v) is 3.19. The van der Waals surface area contributed by atoms with Gasteiger partial charge in [0, 0.05) is 6.07 Å². The van der Waals surface area contributed by atoms with E-state index in [1.165, 1.54) is 12.1 Å². The minimum absolute atomic E-state index is 0.162. The molecule has 106 valence electrons. The summed E-state index contributed by atoms with van der Waals surface area (Å²) in [5.74, 6) is -3.79. The molecular formula is C13H6ClF2N3O2. The molecule has 0 saturated carbocycles. The maximum atomic E-state index is 13.9. The summed E-state index contributed by atoms with van der Waals surface area (Å²) in [6.07, 6.45) is 0. The van der Waals surface area contributed by atoms with Crippen LogP contribution in [0.25, 0.3) is 0 Å². The predicted molar refractivity (Wildman–Crippen MR) is 68.9 cm³/mol. The standard InChI is InChI=1S/C13H6ClF2N3O2/c14-10-2-1-7(17-18-10)5-19-11-8(12(20)13(19)21)3-6(15)4-9(11)16/h1-4H,5H2. The van der Waals surface area contributed by atoms with Gasteiger partial charge in [0.25, 0.3) is 11.7 Å². The molecule has 8 heteroatoms. The van der Waals surface area contributed by atoms with Crippen LogP contribution in [0.4, 0.5) is 14.5 Å². The number of carbonyl (C=O) groups excluding carboxylic acids is 2. The van der Waals surface area contributed by atoms with Crippen molar-refractivity contribution in [3.8, 4) is 0 Å². The second-order valence-electron chi connectivity index (χ2n) is 4.35. The van der Waals surface area contributed by atoms with Gasteiger partial charge in [0.1, 0.15) is 5.82 Å². The van der Waals surface area contributed by atoms with Crippen molar-refractivity contribution in [3.63, 3.8) is 0 Å². The van der Waals surface area contributed by atoms with E-state index in [1.807, 2.05) is 0 Å². The molecule has 0 fully saturated rings. The first-order valence-corrected chi connectivity index (χ1v) is 6.18. The summed E-state index contributed by atoms with van der Waals surface area (Å²) in [6, 6.07) is 4.40. The number of halogens is 3. The van der Waals surface area contributed by atoms with Gasteiger partial charge in [-0.1, -0.05) is 11.6 Å². The summed E-state index contributed by atoms with van der Waals surface area (Å²) in [5, 5.41) is 7.50. The summed E-state index contributed by atoms with van der Waals surface area (Å²) < 4.78 is 27.0. The molecule has 1 aromatic heterocycles. The van der Waals surface area contributed by atoms with Crippen molar-refractivity contribution in [2.75, 3.05) is 4.90 Å². The second kappa shape index (κ2) is 4.85. The van der Waals surface area contributed by atoms with Gasteiger partial charge in [-0.3, -0.25) is 14.5 Å². The molecule has 1 aliphatic rings. The first-order chi connectivity index (χ1) is 9.97. The lowest BCUT2D eigenvalue weighted by molar-refractivity contribution is -0.114. The summed E-state index contributed by atoms with van der Waals surface area (Å²) in [6.45, 7) is -0.162. The zero-order valence-electron chi connectivity index (χ0n) is 10.3. The summed E-state index contributed by atoms with van der Waals surface area (Å²) in [7, 11) is 0. The summed E-state index contributed by atoms with van der Waals surface area (Å²) in [5.41, 5.74) is -0.223. The number of nitrogens with zero attached hydrogens (tertiary/aromatic N) is 3. The number of anilines is 1. The minimum Gasteiger partial charge on any atom is -0.296 e. The molecular weight excluding hydrogens is 304 g/mol. The topological polar surface area (TPSA) is 63.2 Å². The molecule has 1 aromatic carbocycles. The Bertz CT molecular complexity index is 765. The monoisotopic (exact) mass is 309 g/mol. The average Bonchev–Trinajstić information content (AvgIpc) is 2.67. The Morgan fingerprint density at radius 1 is 1.14 bits per heavy atom. The Balaban J connectivity index is 2.03. The average molecular weight is 310 g/mol. The smallest absolute Gasteiger partial charge is 0.296 e. The molecule has 0 radical (unpaired) electrons. The fourth-order valence-electron chi connectivity index (χ4n) is 2.09. The highest BCUT2D eigenvalue weighted by molar-refractivity contribution is 6.52. The quantitative estimate of drug-likeness (QED) is 0.797. The van der Waals surface area contributed by atoms with Crippen LogP contribution in [-0.4, -0.2) is 21.9 Å². The van der Waals surface area contributed by atoms with Crippen LogP contribution >= 0.6 is 11.6 Å². The third kappa shape index (κ3) is 2.25. The molecule has 1 aliphatic heterocycles. The number of Topliss-reactive ketones (excluding diaryl/α,β-unsaturated/α-hetero) is 1. The number of fused-ring (bicyclic) bond motifs is 1. The number of hydrogen-bond acceptors (Lipinski definition) is 4. The molecule has 0 N–H and O–H groups in total. The first-order valence-electron chi connectivity index (χ1n) is 5.80. The molecule has 2 heterocycles. The first kappa shape index (κ1) is 13.6. The molecule has 0 spiro atoms. The van der Waals surface area contributed by atoms with Crippen LogP contribution in [0.15, 0.2) is 24.3 Å². The lowest BCUT2D eigenvalue weighted by atomic mass is 10.1. The minimum atomic E-state index is -0.980. The van der Waals surface area contributed by atoms with Crippen molar-refractivity contribution in [2.24, 2.45) is 0 Å². The number of aromatic nitrogens is 2. The number of amides is 1. The molecule has 0 saturated heterocycles. The Labute approximate surface area is 122 Å². The van der Waals surface area contributed by atoms with Crippen LogP contribution < -0.4 is 4.90 Å². The van der Waals surface area contributed by atoms with E-state index in [1.54, 1.807) is 0 Å². The van der Waals surface area contributed by atoms with Crippen molar-refractivity contribution in [3.05, 3.63) is 52.3 Å². The zero-order valence-corrected chi connectivity index (χ0v) is 11.1. The van der Waals surface area contributed by atoms with E-state index in [0.717, 1.165) is 11.0 Å². The molecule has 0 aliphatic carbocycles. The van der Waals surface area contributed by atoms with Crippen LogP contribution in [0.5, 0.6) is 0 Å². The highest BCUT2D eigenvalue weighted by Crippen LogP contribution is 2.33. The maximum Gasteiger partial charge on any atom is 0.299 e. The maximum absolute atomic E-state index is 13.9. The van der Waals surface area contributed by atoms with Crippen molar-refractivity contribution in [2.45, 2.75) is 6.54 Å². The van der Waals surface area contributed by atoms with E-state index in [2.05, 4.69) is 10.2 Å². The van der Waals surface area contributed by atoms with Gasteiger partial charge in [-0.05, 0) is 18.2 Å². The number of rotatable bonds is 2. The second-order valence-corrected chi connectivity index (χ2v) is 4.74. The molecule has 1 amide bonds. The van der Waals surface area contributed by atoms with Crippen LogP contribution in [0.3, 0.4) is 0 Å². The van der Waals surface area contributed by atoms with Gasteiger partial charge >= 0.3 is 0 Å². The van der Waals surface area contributed by atoms with E-state index < -0.39 is 23.3 Å². The Hall–Kier alpha value is -2.41. The molecule has 3 rings (SSSR count). The van der Waals surface area contributed by atoms with Gasteiger partial charge in [0.05, 0.1) is 23.5 Å². The zero-order chi connectivity index (χ0) is 15.1. The largest absolute Gasteiger partial charge is 0.299 e. The van der Waals surface area contributed by atoms with Gasteiger partial charge in [0.2, 0.25) is 0 Å². The van der Waals surface area contributed by atoms with Gasteiger partial charge in [-0.25, -0.2) is 8.78 Å². The van der Waals surface area contributed by atoms with Crippen molar-refractivity contribution < 1.29 is 18.4 Å². The number of ketones is 1. The van der Waals surface area contributed by atoms with E-state index in [9.17, 15) is 18.4 Å². The predicted octanol–water partition coefficient (Wildman–Crippen LogP) is 2.14. The van der Waals surface area contributed by atoms with Gasteiger partial charge < -0.3 is 0 Å². The van der Waals surface area contributed by atoms with Crippen LogP contribution in [0, 0.1) is 11.6 Å². The lowest BCUT2D eigenvalue weighted by Gasteiger charge is -2.16. The number of hydrogen-bond donors (Lipinski definition) is 0. The van der Waals surface area contributed by atoms with Crippen LogP contribution in [-0.2, 0) is 11.3 Å². The molecule has 5 nitrogen and oxygen atoms in total. The normalized spacial score (nSPS) is 13.8. The molecule has 21 heavy (non-hydrogen) atoms. The van der Waals surface area contributed by atoms with Crippen molar-refractivity contribution >= 4 is 29.0 Å². The lowest BCUT2D eigenvalue weighted by Crippen LogP contribution is -2.30.